The number of nitrogen functional groups attached to an aromatic ring is 1. The molecule has 0 saturated heterocycles. The summed E-state index contributed by atoms with van der Waals surface area (Å²) in [6, 6.07) is 32.9. The van der Waals surface area contributed by atoms with E-state index < -0.39 is 61.1 Å². The number of aromatic nitrogens is 2. The first kappa shape index (κ1) is 49.7. The second kappa shape index (κ2) is 24.2. The van der Waals surface area contributed by atoms with E-state index in [1.54, 1.807) is 48.5 Å². The van der Waals surface area contributed by atoms with Gasteiger partial charge in [-0.1, -0.05) is 96.2 Å². The fourth-order valence-corrected chi connectivity index (χ4v) is 7.57. The van der Waals surface area contributed by atoms with Gasteiger partial charge in [0.1, 0.15) is 66.4 Å². The Kier molecular flexibility index (Phi) is 17.6. The summed E-state index contributed by atoms with van der Waals surface area (Å²) < 4.78 is 22.7. The maximum atomic E-state index is 13.1. The van der Waals surface area contributed by atoms with E-state index in [1.807, 2.05) is 60.7 Å². The van der Waals surface area contributed by atoms with Crippen molar-refractivity contribution in [2.45, 2.75) is 54.8 Å². The molecular formula is C49H46ClN9O8S. The molecule has 0 aliphatic carbocycles. The number of ether oxygens (including phenoxy) is 3. The van der Waals surface area contributed by atoms with Crippen LogP contribution in [0.4, 0.5) is 5.82 Å². The zero-order chi connectivity index (χ0) is 48.6. The number of halogens is 1. The number of nitriles is 2. The minimum atomic E-state index is -1.20. The number of carbonyl (C=O) groups excluding carboxylic acids is 4. The summed E-state index contributed by atoms with van der Waals surface area (Å²) in [7, 11) is 0. The molecule has 0 unspecified atom stereocenters. The molecule has 6 rings (SSSR count). The van der Waals surface area contributed by atoms with E-state index in [9.17, 15) is 29.7 Å². The number of thioether (sulfide) groups is 1. The number of oxazole rings is 1. The molecule has 2 amide bonds. The van der Waals surface area contributed by atoms with Gasteiger partial charge in [0.15, 0.2) is 6.10 Å². The number of esters is 2. The zero-order valence-corrected chi connectivity index (χ0v) is 38.2. The van der Waals surface area contributed by atoms with E-state index in [1.165, 1.54) is 24.9 Å². The number of benzene rings is 4. The van der Waals surface area contributed by atoms with Crippen molar-refractivity contribution in [2.75, 3.05) is 25.5 Å². The van der Waals surface area contributed by atoms with Crippen molar-refractivity contribution in [1.82, 2.24) is 20.6 Å². The Morgan fingerprint density at radius 3 is 2.01 bits per heavy atom. The Balaban J connectivity index is 1.11. The van der Waals surface area contributed by atoms with Crippen molar-refractivity contribution in [3.05, 3.63) is 148 Å². The van der Waals surface area contributed by atoms with Gasteiger partial charge in [0.25, 0.3) is 0 Å². The van der Waals surface area contributed by atoms with Crippen molar-refractivity contribution < 1.29 is 37.8 Å². The van der Waals surface area contributed by atoms with Gasteiger partial charge in [-0.3, -0.25) is 14.4 Å². The molecule has 0 aliphatic rings. The van der Waals surface area contributed by atoms with Gasteiger partial charge in [-0.2, -0.15) is 10.5 Å². The van der Waals surface area contributed by atoms with Gasteiger partial charge in [0.05, 0.1) is 23.3 Å². The Bertz CT molecular complexity index is 2780. The van der Waals surface area contributed by atoms with E-state index in [0.717, 1.165) is 16.7 Å². The maximum absolute atomic E-state index is 13.1. The van der Waals surface area contributed by atoms with Gasteiger partial charge in [0, 0.05) is 21.9 Å². The van der Waals surface area contributed by atoms with Gasteiger partial charge in [-0.15, -0.1) is 0 Å². The van der Waals surface area contributed by atoms with Crippen LogP contribution in [-0.4, -0.2) is 77.7 Å². The molecule has 2 aromatic heterocycles. The summed E-state index contributed by atoms with van der Waals surface area (Å²) in [4.78, 5) is 60.6. The average Bonchev–Trinajstić information content (AvgIpc) is 3.83. The van der Waals surface area contributed by atoms with E-state index >= 15 is 0 Å². The summed E-state index contributed by atoms with van der Waals surface area (Å²) >= 11 is 7.20. The van der Waals surface area contributed by atoms with Gasteiger partial charge >= 0.3 is 11.9 Å². The molecule has 0 bridgehead atoms. The number of hydrogen-bond acceptors (Lipinski definition) is 16. The first-order chi connectivity index (χ1) is 32.8. The zero-order valence-electron chi connectivity index (χ0n) is 36.6. The molecule has 17 nitrogen and oxygen atoms in total. The average molecular weight is 956 g/mol. The second-order valence-electron chi connectivity index (χ2n) is 15.2. The third-order valence-corrected chi connectivity index (χ3v) is 11.4. The van der Waals surface area contributed by atoms with Crippen molar-refractivity contribution in [3.63, 3.8) is 0 Å². The SMILES string of the molecule is C[C@H](NC(=O)[C@@H](N)Cc1ccccc1)C(=O)OC[C@H](COc1ccc(-c2c(C#N)c(N)nc(SCc3coc(-c4ccc(Cl)cc4)n3)c2C#N)cc1)OC(=O)CNC(=O)[C@@H](N)Cc1ccccc1. The van der Waals surface area contributed by atoms with Crippen LogP contribution in [0.1, 0.15) is 34.9 Å². The predicted octanol–water partition coefficient (Wildman–Crippen LogP) is 5.27. The van der Waals surface area contributed by atoms with E-state index in [2.05, 4.69) is 32.7 Å². The number of hydrogen-bond donors (Lipinski definition) is 5. The standard InChI is InChI=1S/C49H46ClN9O8S/c1-29(57-46(62)41(54)21-31-10-6-3-7-11-31)49(63)66-27-37(67-42(60)24-56-45(61)40(53)20-30-8-4-2-5-9-30)26-64-36-18-14-32(15-19-36)43-38(22-51)44(55)59-48(39(43)23-52)68-28-35-25-65-47(58-35)33-12-16-34(50)17-13-33/h2-19,25,29,37,40-41H,20-21,24,26-28,53-54H2,1H3,(H2,55,59)(H,56,61)(H,57,62)/t29-,37-,40-,41-/m0/s1. The first-order valence-electron chi connectivity index (χ1n) is 21.0. The Labute approximate surface area is 400 Å². The van der Waals surface area contributed by atoms with Crippen LogP contribution in [0.15, 0.2) is 125 Å². The lowest BCUT2D eigenvalue weighted by Crippen LogP contribution is -2.49. The number of rotatable bonds is 21. The van der Waals surface area contributed by atoms with Crippen molar-refractivity contribution in [1.29, 1.82) is 10.5 Å². The molecule has 19 heteroatoms. The van der Waals surface area contributed by atoms with Crippen LogP contribution >= 0.6 is 23.4 Å². The lowest BCUT2D eigenvalue weighted by molar-refractivity contribution is -0.161. The molecule has 4 aromatic carbocycles. The number of nitrogens with zero attached hydrogens (tertiary/aromatic N) is 4. The number of amides is 2. The minimum absolute atomic E-state index is 0.00321. The van der Waals surface area contributed by atoms with Crippen molar-refractivity contribution >= 4 is 52.9 Å². The van der Waals surface area contributed by atoms with E-state index in [0.29, 0.717) is 22.2 Å². The second-order valence-corrected chi connectivity index (χ2v) is 16.6. The van der Waals surface area contributed by atoms with Crippen LogP contribution in [0.5, 0.6) is 5.75 Å². The van der Waals surface area contributed by atoms with Crippen LogP contribution < -0.4 is 32.6 Å². The third-order valence-electron chi connectivity index (χ3n) is 10.1. The van der Waals surface area contributed by atoms with E-state index in [-0.39, 0.29) is 58.5 Å². The largest absolute Gasteiger partial charge is 0.490 e. The minimum Gasteiger partial charge on any atom is -0.490 e. The molecule has 68 heavy (non-hydrogen) atoms. The normalized spacial score (nSPS) is 12.6. The summed E-state index contributed by atoms with van der Waals surface area (Å²) in [6.45, 7) is 0.0456. The lowest BCUT2D eigenvalue weighted by atomic mass is 9.97. The molecule has 0 fully saturated rings. The van der Waals surface area contributed by atoms with Crippen LogP contribution in [-0.2, 0) is 47.2 Å². The number of nitrogens with two attached hydrogens (primary N) is 3. The topological polar surface area (TPSA) is 285 Å². The van der Waals surface area contributed by atoms with Crippen LogP contribution in [0.25, 0.3) is 22.6 Å². The van der Waals surface area contributed by atoms with Gasteiger partial charge in [0.2, 0.25) is 17.7 Å². The number of pyridine rings is 1. The number of nitrogens with one attached hydrogen (secondary N) is 2. The molecule has 4 atom stereocenters. The molecule has 0 radical (unpaired) electrons. The summed E-state index contributed by atoms with van der Waals surface area (Å²) in [5.74, 6) is -2.02. The van der Waals surface area contributed by atoms with Crippen molar-refractivity contribution in [2.24, 2.45) is 11.5 Å². The quantitative estimate of drug-likeness (QED) is 0.0454. The fourth-order valence-electron chi connectivity index (χ4n) is 6.57. The number of anilines is 1. The maximum Gasteiger partial charge on any atom is 0.328 e. The summed E-state index contributed by atoms with van der Waals surface area (Å²) in [5.41, 5.74) is 22.2. The van der Waals surface area contributed by atoms with Gasteiger partial charge in [-0.25, -0.2) is 14.8 Å². The third kappa shape index (κ3) is 13.9. The molecule has 0 aliphatic heterocycles. The summed E-state index contributed by atoms with van der Waals surface area (Å²) in [6.07, 6.45) is 0.775. The molecular weight excluding hydrogens is 910 g/mol. The highest BCUT2D eigenvalue weighted by Gasteiger charge is 2.26. The Hall–Kier alpha value is -7.74. The Morgan fingerprint density at radius 2 is 1.40 bits per heavy atom. The highest BCUT2D eigenvalue weighted by Crippen LogP contribution is 2.37. The summed E-state index contributed by atoms with van der Waals surface area (Å²) in [5, 5.41) is 26.3. The molecule has 8 N–H and O–H groups in total. The number of carbonyl (C=O) groups is 4. The predicted molar refractivity (Wildman–Crippen MR) is 253 cm³/mol. The molecule has 348 valence electrons. The highest BCUT2D eigenvalue weighted by molar-refractivity contribution is 7.98. The van der Waals surface area contributed by atoms with Gasteiger partial charge < -0.3 is 46.5 Å². The molecule has 2 heterocycles. The molecule has 6 aromatic rings. The van der Waals surface area contributed by atoms with Crippen LogP contribution in [0.3, 0.4) is 0 Å². The van der Waals surface area contributed by atoms with Crippen LogP contribution in [0.2, 0.25) is 5.02 Å². The van der Waals surface area contributed by atoms with E-state index in [4.69, 9.17) is 47.4 Å². The van der Waals surface area contributed by atoms with Crippen LogP contribution in [0, 0.1) is 22.7 Å². The molecule has 0 spiro atoms. The first-order valence-corrected chi connectivity index (χ1v) is 22.4. The lowest BCUT2D eigenvalue weighted by Gasteiger charge is -2.21. The Morgan fingerprint density at radius 1 is 0.794 bits per heavy atom. The molecule has 0 saturated carbocycles. The highest BCUT2D eigenvalue weighted by atomic mass is 35.5. The smallest absolute Gasteiger partial charge is 0.328 e. The van der Waals surface area contributed by atoms with Gasteiger partial charge in [-0.05, 0) is 72.9 Å². The fraction of sp³-hybridized carbons (Fsp3) is 0.224. The van der Waals surface area contributed by atoms with Crippen molar-refractivity contribution in [3.8, 4) is 40.5 Å². The monoisotopic (exact) mass is 955 g/mol.